The molecule has 0 aliphatic heterocycles. The summed E-state index contributed by atoms with van der Waals surface area (Å²) in [6.45, 7) is 0. The minimum absolute atomic E-state index is 0.0229. The summed E-state index contributed by atoms with van der Waals surface area (Å²) in [7, 11) is -9.36. The molecule has 8 N–H and O–H groups in total. The first-order chi connectivity index (χ1) is 25.5. The molecule has 4 amide bonds. The number of benzene rings is 6. The molecule has 6 rings (SSSR count). The number of carbonyl (C=O) groups excluding carboxylic acids is 4. The highest BCUT2D eigenvalue weighted by Crippen LogP contribution is 2.35. The van der Waals surface area contributed by atoms with Crippen LogP contribution in [0.2, 0.25) is 0 Å². The number of hydrogen-bond donors (Lipinski definition) is 8. The number of fused-ring (bicyclic) bond motifs is 2. The maximum atomic E-state index is 13.2. The maximum absolute atomic E-state index is 13.2. The largest absolute Gasteiger partial charge is 0.507 e. The predicted octanol–water partition coefficient (Wildman–Crippen LogP) is 4.98. The van der Waals surface area contributed by atoms with E-state index in [4.69, 9.17) is 0 Å². The van der Waals surface area contributed by atoms with E-state index in [9.17, 15) is 55.3 Å². The summed E-state index contributed by atoms with van der Waals surface area (Å²) in [5, 5.41) is 31.2. The van der Waals surface area contributed by atoms with Crippen LogP contribution in [0, 0.1) is 0 Å². The SMILES string of the molecule is O=C(Nc1cccc(C(=O)Nc2cccc3c(O)cc(S(=O)(=O)O)cc23)c1)C(=O)Nc1cccc(C(=O)Nc2cccc3c(O)cc(S(=O)(=O)O)cc23)c1. The Hall–Kier alpha value is -6.86. The minimum atomic E-state index is -4.68. The van der Waals surface area contributed by atoms with Crippen LogP contribution in [0.5, 0.6) is 11.5 Å². The zero-order valence-corrected chi connectivity index (χ0v) is 28.9. The van der Waals surface area contributed by atoms with Gasteiger partial charge in [0.1, 0.15) is 11.5 Å². The van der Waals surface area contributed by atoms with Crippen molar-refractivity contribution >= 4 is 88.2 Å². The summed E-state index contributed by atoms with van der Waals surface area (Å²) in [5.41, 5.74) is 0.359. The average molecular weight is 771 g/mol. The van der Waals surface area contributed by atoms with E-state index >= 15 is 0 Å². The fraction of sp³-hybridized carbons (Fsp3) is 0. The number of phenols is 2. The summed E-state index contributed by atoms with van der Waals surface area (Å²) in [4.78, 5) is 50.8. The monoisotopic (exact) mass is 770 g/mol. The van der Waals surface area contributed by atoms with Crippen molar-refractivity contribution in [1.29, 1.82) is 0 Å². The Balaban J connectivity index is 1.13. The Morgan fingerprint density at radius 1 is 0.444 bits per heavy atom. The van der Waals surface area contributed by atoms with E-state index in [2.05, 4.69) is 21.3 Å². The third-order valence-corrected chi connectivity index (χ3v) is 9.62. The van der Waals surface area contributed by atoms with Crippen molar-refractivity contribution < 1.29 is 55.3 Å². The molecule has 0 atom stereocenters. The molecule has 0 unspecified atom stereocenters. The topological polar surface area (TPSA) is 266 Å². The van der Waals surface area contributed by atoms with Crippen LogP contribution in [-0.2, 0) is 29.8 Å². The van der Waals surface area contributed by atoms with Gasteiger partial charge in [-0.3, -0.25) is 28.3 Å². The number of aromatic hydroxyl groups is 2. The van der Waals surface area contributed by atoms with E-state index in [1.165, 1.54) is 84.9 Å². The summed E-state index contributed by atoms with van der Waals surface area (Å²) < 4.78 is 65.7. The third kappa shape index (κ3) is 7.96. The van der Waals surface area contributed by atoms with Gasteiger partial charge in [-0.15, -0.1) is 0 Å². The van der Waals surface area contributed by atoms with Gasteiger partial charge >= 0.3 is 11.8 Å². The molecule has 6 aromatic rings. The first-order valence-electron chi connectivity index (χ1n) is 15.4. The molecule has 0 bridgehead atoms. The van der Waals surface area contributed by atoms with Gasteiger partial charge in [-0.25, -0.2) is 0 Å². The Morgan fingerprint density at radius 3 is 1.19 bits per heavy atom. The Labute approximate surface area is 305 Å². The van der Waals surface area contributed by atoms with E-state index in [0.717, 1.165) is 24.3 Å². The Kier molecular flexibility index (Phi) is 9.76. The zero-order valence-electron chi connectivity index (χ0n) is 27.3. The van der Waals surface area contributed by atoms with Crippen molar-refractivity contribution in [2.75, 3.05) is 21.3 Å². The smallest absolute Gasteiger partial charge is 0.314 e. The number of anilines is 4. The molecule has 0 aliphatic carbocycles. The van der Waals surface area contributed by atoms with Crippen molar-refractivity contribution in [3.63, 3.8) is 0 Å². The van der Waals surface area contributed by atoms with Gasteiger partial charge < -0.3 is 31.5 Å². The van der Waals surface area contributed by atoms with E-state index in [1.807, 2.05) is 0 Å². The Bertz CT molecular complexity index is 2600. The summed E-state index contributed by atoms with van der Waals surface area (Å²) >= 11 is 0. The minimum Gasteiger partial charge on any atom is -0.507 e. The van der Waals surface area contributed by atoms with Gasteiger partial charge in [0.2, 0.25) is 0 Å². The van der Waals surface area contributed by atoms with Crippen molar-refractivity contribution in [3.8, 4) is 11.5 Å². The van der Waals surface area contributed by atoms with Crippen LogP contribution in [0.15, 0.2) is 119 Å². The molecule has 0 fully saturated rings. The molecule has 0 aromatic heterocycles. The molecular formula is C36H26N4O12S2. The molecule has 0 saturated carbocycles. The van der Waals surface area contributed by atoms with Crippen LogP contribution < -0.4 is 21.3 Å². The second kappa shape index (κ2) is 14.3. The lowest BCUT2D eigenvalue weighted by Crippen LogP contribution is -2.29. The second-order valence-corrected chi connectivity index (χ2v) is 14.5. The van der Waals surface area contributed by atoms with Crippen molar-refractivity contribution in [2.45, 2.75) is 9.79 Å². The van der Waals surface area contributed by atoms with Gasteiger partial charge in [-0.05, 0) is 60.7 Å². The van der Waals surface area contributed by atoms with Crippen LogP contribution in [0.25, 0.3) is 21.5 Å². The summed E-state index contributed by atoms with van der Waals surface area (Å²) in [6.07, 6.45) is 0. The van der Waals surface area contributed by atoms with E-state index in [1.54, 1.807) is 0 Å². The number of amides is 4. The third-order valence-electron chi connectivity index (χ3n) is 7.96. The first-order valence-corrected chi connectivity index (χ1v) is 18.3. The van der Waals surface area contributed by atoms with Gasteiger partial charge in [-0.1, -0.05) is 36.4 Å². The van der Waals surface area contributed by atoms with Crippen LogP contribution in [0.1, 0.15) is 20.7 Å². The molecule has 54 heavy (non-hydrogen) atoms. The highest BCUT2D eigenvalue weighted by molar-refractivity contribution is 7.86. The van der Waals surface area contributed by atoms with Gasteiger partial charge in [-0.2, -0.15) is 16.8 Å². The highest BCUT2D eigenvalue weighted by atomic mass is 32.2. The summed E-state index contributed by atoms with van der Waals surface area (Å²) in [6, 6.07) is 23.8. The van der Waals surface area contributed by atoms with Gasteiger partial charge in [0.15, 0.2) is 0 Å². The van der Waals surface area contributed by atoms with Gasteiger partial charge in [0.05, 0.1) is 9.79 Å². The first kappa shape index (κ1) is 36.9. The summed E-state index contributed by atoms with van der Waals surface area (Å²) in [5.74, 6) is -4.56. The average Bonchev–Trinajstić information content (AvgIpc) is 3.11. The van der Waals surface area contributed by atoms with Gasteiger partial charge in [0, 0.05) is 67.6 Å². The quantitative estimate of drug-likeness (QED) is 0.0753. The highest BCUT2D eigenvalue weighted by Gasteiger charge is 2.20. The normalized spacial score (nSPS) is 11.5. The number of phenolic OH excluding ortho intramolecular Hbond substituents is 2. The molecule has 6 aromatic carbocycles. The molecule has 0 heterocycles. The van der Waals surface area contributed by atoms with Gasteiger partial charge in [0.25, 0.3) is 32.1 Å². The predicted molar refractivity (Wildman–Crippen MR) is 197 cm³/mol. The lowest BCUT2D eigenvalue weighted by atomic mass is 10.1. The lowest BCUT2D eigenvalue weighted by molar-refractivity contribution is -0.132. The molecule has 0 aliphatic rings. The van der Waals surface area contributed by atoms with Crippen LogP contribution in [-0.4, -0.2) is 59.8 Å². The fourth-order valence-corrected chi connectivity index (χ4v) is 6.49. The Morgan fingerprint density at radius 2 is 0.815 bits per heavy atom. The van der Waals surface area contributed by atoms with Crippen LogP contribution in [0.4, 0.5) is 22.7 Å². The molecule has 0 saturated heterocycles. The molecule has 274 valence electrons. The molecule has 0 radical (unpaired) electrons. The van der Waals surface area contributed by atoms with Crippen LogP contribution in [0.3, 0.4) is 0 Å². The number of carbonyl (C=O) groups is 4. The number of rotatable bonds is 8. The van der Waals surface area contributed by atoms with Crippen LogP contribution >= 0.6 is 0 Å². The number of nitrogens with one attached hydrogen (secondary N) is 4. The molecular weight excluding hydrogens is 745 g/mol. The lowest BCUT2D eigenvalue weighted by Gasteiger charge is -2.12. The maximum Gasteiger partial charge on any atom is 0.314 e. The standard InChI is InChI=1S/C36H26N4O12S2/c41-31-17-23(53(47,48)49)15-27-25(31)9-3-11-29(27)39-33(43)19-5-1-7-21(13-19)37-35(45)36(46)38-22-8-2-6-20(14-22)34(44)40-30-12-4-10-26-28(30)16-24(18-32(26)42)54(50,51)52/h1-18,41-42H,(H,37,45)(H,38,46)(H,39,43)(H,40,44)(H,47,48,49)(H,50,51,52). The number of hydrogen-bond acceptors (Lipinski definition) is 10. The fourth-order valence-electron chi connectivity index (χ4n) is 5.44. The second-order valence-electron chi connectivity index (χ2n) is 11.6. The van der Waals surface area contributed by atoms with E-state index in [0.29, 0.717) is 0 Å². The molecule has 0 spiro atoms. The zero-order chi connectivity index (χ0) is 38.9. The van der Waals surface area contributed by atoms with E-state index in [-0.39, 0.29) is 55.4 Å². The molecule has 16 nitrogen and oxygen atoms in total. The molecule has 18 heteroatoms. The van der Waals surface area contributed by atoms with Crippen molar-refractivity contribution in [2.24, 2.45) is 0 Å². The van der Waals surface area contributed by atoms with Crippen molar-refractivity contribution in [1.82, 2.24) is 0 Å². The van der Waals surface area contributed by atoms with Crippen molar-refractivity contribution in [3.05, 3.63) is 120 Å². The van der Waals surface area contributed by atoms with E-state index < -0.39 is 65.2 Å².